The number of nitrogens with one attached hydrogen (secondary N) is 1. The lowest BCUT2D eigenvalue weighted by atomic mass is 10.2. The van der Waals surface area contributed by atoms with E-state index in [0.717, 1.165) is 32.0 Å². The summed E-state index contributed by atoms with van der Waals surface area (Å²) in [5.41, 5.74) is 0. The van der Waals surface area contributed by atoms with Crippen molar-refractivity contribution in [3.8, 4) is 5.88 Å². The number of likely N-dealkylation sites (N-methyl/N-ethyl adjacent to an activating group) is 1. The topological polar surface area (TPSA) is 50.3 Å². The van der Waals surface area contributed by atoms with Crippen molar-refractivity contribution in [3.05, 3.63) is 12.3 Å². The molecule has 1 aromatic rings. The fourth-order valence-corrected chi connectivity index (χ4v) is 2.05. The van der Waals surface area contributed by atoms with Gasteiger partial charge in [-0.1, -0.05) is 0 Å². The highest BCUT2D eigenvalue weighted by Gasteiger charge is 2.23. The summed E-state index contributed by atoms with van der Waals surface area (Å²) in [6.07, 6.45) is 2.89. The zero-order valence-corrected chi connectivity index (χ0v) is 9.81. The van der Waals surface area contributed by atoms with Gasteiger partial charge in [-0.15, -0.1) is 0 Å². The van der Waals surface area contributed by atoms with Crippen LogP contribution >= 0.6 is 0 Å². The van der Waals surface area contributed by atoms with Gasteiger partial charge in [0.05, 0.1) is 7.11 Å². The van der Waals surface area contributed by atoms with Gasteiger partial charge in [0.1, 0.15) is 0 Å². The lowest BCUT2D eigenvalue weighted by Gasteiger charge is -2.27. The van der Waals surface area contributed by atoms with E-state index in [1.54, 1.807) is 19.4 Å². The van der Waals surface area contributed by atoms with E-state index in [-0.39, 0.29) is 0 Å². The van der Waals surface area contributed by atoms with Crippen molar-refractivity contribution < 1.29 is 4.74 Å². The van der Waals surface area contributed by atoms with Crippen LogP contribution in [0.1, 0.15) is 13.3 Å². The molecule has 88 valence electrons. The summed E-state index contributed by atoms with van der Waals surface area (Å²) >= 11 is 0. The van der Waals surface area contributed by atoms with Gasteiger partial charge in [-0.05, 0) is 19.9 Å². The summed E-state index contributed by atoms with van der Waals surface area (Å²) in [6, 6.07) is 2.27. The van der Waals surface area contributed by atoms with Gasteiger partial charge in [0.15, 0.2) is 0 Å². The van der Waals surface area contributed by atoms with Crippen molar-refractivity contribution >= 4 is 5.95 Å². The van der Waals surface area contributed by atoms with E-state index in [1.807, 2.05) is 0 Å². The third-order valence-corrected chi connectivity index (χ3v) is 2.90. The van der Waals surface area contributed by atoms with Crippen LogP contribution in [0.15, 0.2) is 12.3 Å². The van der Waals surface area contributed by atoms with E-state index in [0.29, 0.717) is 11.9 Å². The number of hydrogen-bond acceptors (Lipinski definition) is 5. The minimum Gasteiger partial charge on any atom is -0.481 e. The Bertz CT molecular complexity index is 339. The number of nitrogens with zero attached hydrogens (tertiary/aromatic N) is 3. The number of methoxy groups -OCH3 is 1. The summed E-state index contributed by atoms with van der Waals surface area (Å²) in [5, 5.41) is 3.36. The molecule has 5 heteroatoms. The first-order chi connectivity index (χ1) is 7.85. The zero-order chi connectivity index (χ0) is 11.4. The number of hydrogen-bond donors (Lipinski definition) is 1. The molecule has 1 aliphatic rings. The van der Waals surface area contributed by atoms with E-state index in [2.05, 4.69) is 27.1 Å². The average molecular weight is 222 g/mol. The molecule has 1 saturated heterocycles. The highest BCUT2D eigenvalue weighted by atomic mass is 16.5. The Morgan fingerprint density at radius 2 is 2.50 bits per heavy atom. The van der Waals surface area contributed by atoms with Crippen LogP contribution in [0.25, 0.3) is 0 Å². The van der Waals surface area contributed by atoms with E-state index in [1.165, 1.54) is 0 Å². The van der Waals surface area contributed by atoms with Crippen molar-refractivity contribution in [2.24, 2.45) is 0 Å². The molecule has 5 nitrogen and oxygen atoms in total. The van der Waals surface area contributed by atoms with E-state index in [9.17, 15) is 0 Å². The predicted octanol–water partition coefficient (Wildman–Crippen LogP) is 0.673. The van der Waals surface area contributed by atoms with Gasteiger partial charge in [0.25, 0.3) is 0 Å². The number of anilines is 1. The van der Waals surface area contributed by atoms with E-state index in [4.69, 9.17) is 4.74 Å². The van der Waals surface area contributed by atoms with Crippen LogP contribution in [-0.4, -0.2) is 42.8 Å². The normalized spacial score (nSPS) is 19.8. The summed E-state index contributed by atoms with van der Waals surface area (Å²) < 4.78 is 5.12. The Balaban J connectivity index is 2.18. The molecule has 1 fully saturated rings. The monoisotopic (exact) mass is 222 g/mol. The fraction of sp³-hybridized carbons (Fsp3) is 0.636. The number of rotatable bonds is 4. The molecule has 1 unspecified atom stereocenters. The van der Waals surface area contributed by atoms with Crippen LogP contribution in [0.2, 0.25) is 0 Å². The Morgan fingerprint density at radius 1 is 1.62 bits per heavy atom. The Labute approximate surface area is 95.8 Å². The highest BCUT2D eigenvalue weighted by Crippen LogP contribution is 2.17. The lowest BCUT2D eigenvalue weighted by Crippen LogP contribution is -2.37. The highest BCUT2D eigenvalue weighted by molar-refractivity contribution is 5.34. The van der Waals surface area contributed by atoms with Gasteiger partial charge in [-0.3, -0.25) is 0 Å². The van der Waals surface area contributed by atoms with Crippen LogP contribution < -0.4 is 15.0 Å². The van der Waals surface area contributed by atoms with Crippen LogP contribution in [0.5, 0.6) is 5.88 Å². The Hall–Kier alpha value is -1.36. The molecule has 0 spiro atoms. The molecule has 0 saturated carbocycles. The largest absolute Gasteiger partial charge is 0.481 e. The van der Waals surface area contributed by atoms with Crippen molar-refractivity contribution in [1.29, 1.82) is 0 Å². The molecule has 0 bridgehead atoms. The van der Waals surface area contributed by atoms with Crippen LogP contribution in [0, 0.1) is 0 Å². The summed E-state index contributed by atoms with van der Waals surface area (Å²) in [4.78, 5) is 10.9. The summed E-state index contributed by atoms with van der Waals surface area (Å²) in [5.74, 6) is 1.38. The van der Waals surface area contributed by atoms with Crippen LogP contribution in [-0.2, 0) is 0 Å². The molecule has 0 amide bonds. The first-order valence-corrected chi connectivity index (χ1v) is 5.69. The quantitative estimate of drug-likeness (QED) is 0.811. The van der Waals surface area contributed by atoms with Gasteiger partial charge in [0.2, 0.25) is 11.8 Å². The van der Waals surface area contributed by atoms with Gasteiger partial charge in [-0.2, -0.15) is 4.98 Å². The first-order valence-electron chi connectivity index (χ1n) is 5.69. The van der Waals surface area contributed by atoms with E-state index >= 15 is 0 Å². The zero-order valence-electron chi connectivity index (χ0n) is 9.81. The molecule has 16 heavy (non-hydrogen) atoms. The molecule has 2 heterocycles. The average Bonchev–Trinajstić information content (AvgIpc) is 2.84. The molecule has 0 radical (unpaired) electrons. The van der Waals surface area contributed by atoms with E-state index < -0.39 is 0 Å². The van der Waals surface area contributed by atoms with Crippen LogP contribution in [0.3, 0.4) is 0 Å². The molecule has 1 atom stereocenters. The van der Waals surface area contributed by atoms with Gasteiger partial charge in [0, 0.05) is 31.4 Å². The molecule has 0 aliphatic carbocycles. The third kappa shape index (κ3) is 2.24. The Kier molecular flexibility index (Phi) is 3.56. The van der Waals surface area contributed by atoms with Crippen molar-refractivity contribution in [2.75, 3.05) is 31.6 Å². The van der Waals surface area contributed by atoms with Crippen molar-refractivity contribution in [1.82, 2.24) is 15.3 Å². The van der Waals surface area contributed by atoms with Gasteiger partial charge >= 0.3 is 0 Å². The summed E-state index contributed by atoms with van der Waals surface area (Å²) in [6.45, 7) is 5.13. The molecule has 2 rings (SSSR count). The minimum absolute atomic E-state index is 0.497. The summed E-state index contributed by atoms with van der Waals surface area (Å²) in [7, 11) is 1.62. The molecular weight excluding hydrogens is 204 g/mol. The van der Waals surface area contributed by atoms with Crippen LogP contribution in [0.4, 0.5) is 5.95 Å². The lowest BCUT2D eigenvalue weighted by molar-refractivity contribution is 0.396. The molecule has 0 aromatic carbocycles. The van der Waals surface area contributed by atoms with Gasteiger partial charge in [-0.25, -0.2) is 4.98 Å². The second kappa shape index (κ2) is 5.12. The molecule has 1 aromatic heterocycles. The standard InChI is InChI=1S/C11H18N4O/c1-3-15(9-4-6-12-8-9)11-13-7-5-10(14-11)16-2/h5,7,9,12H,3-4,6,8H2,1-2H3. The smallest absolute Gasteiger partial charge is 0.228 e. The first kappa shape index (κ1) is 11.1. The molecular formula is C11H18N4O. The SMILES string of the molecule is CCN(c1nccc(OC)n1)C1CCNC1. The maximum Gasteiger partial charge on any atom is 0.228 e. The number of aromatic nitrogens is 2. The van der Waals surface area contributed by atoms with Crippen molar-refractivity contribution in [2.45, 2.75) is 19.4 Å². The van der Waals surface area contributed by atoms with Gasteiger partial charge < -0.3 is 15.0 Å². The van der Waals surface area contributed by atoms with Crippen molar-refractivity contribution in [3.63, 3.8) is 0 Å². The number of ether oxygens (including phenoxy) is 1. The maximum absolute atomic E-state index is 5.12. The molecule has 1 aliphatic heterocycles. The Morgan fingerprint density at radius 3 is 3.12 bits per heavy atom. The maximum atomic E-state index is 5.12. The second-order valence-corrected chi connectivity index (χ2v) is 3.83. The minimum atomic E-state index is 0.497. The third-order valence-electron chi connectivity index (χ3n) is 2.90. The fourth-order valence-electron chi connectivity index (χ4n) is 2.05. The second-order valence-electron chi connectivity index (χ2n) is 3.83. The molecule has 1 N–H and O–H groups in total. The predicted molar refractivity (Wildman–Crippen MR) is 62.9 cm³/mol.